The molecule has 2 aromatic rings. The number of aromatic nitrogens is 2. The Bertz CT molecular complexity index is 782. The molecule has 0 saturated carbocycles. The zero-order valence-corrected chi connectivity index (χ0v) is 16.7. The molecule has 27 heavy (non-hydrogen) atoms. The monoisotopic (exact) mass is 366 g/mol. The summed E-state index contributed by atoms with van der Waals surface area (Å²) in [5, 5.41) is 0. The number of anilines is 1. The van der Waals surface area contributed by atoms with Crippen LogP contribution in [-0.2, 0) is 24.2 Å². The van der Waals surface area contributed by atoms with Crippen LogP contribution in [0, 0.1) is 6.92 Å². The largest absolute Gasteiger partial charge is 0.378 e. The first-order chi connectivity index (χ1) is 13.1. The van der Waals surface area contributed by atoms with Crippen molar-refractivity contribution in [1.29, 1.82) is 0 Å². The van der Waals surface area contributed by atoms with Crippen molar-refractivity contribution >= 4 is 5.82 Å². The van der Waals surface area contributed by atoms with Gasteiger partial charge in [-0.25, -0.2) is 9.97 Å². The van der Waals surface area contributed by atoms with Crippen LogP contribution >= 0.6 is 0 Å². The summed E-state index contributed by atoms with van der Waals surface area (Å²) in [5.41, 5.74) is 5.25. The molecule has 1 aromatic carbocycles. The number of hydrogen-bond acceptors (Lipinski definition) is 5. The summed E-state index contributed by atoms with van der Waals surface area (Å²) in [7, 11) is 0. The van der Waals surface area contributed by atoms with Crippen LogP contribution in [0.15, 0.2) is 24.3 Å². The number of morpholine rings is 1. The first-order valence-electron chi connectivity index (χ1n) is 10.1. The lowest BCUT2D eigenvalue weighted by Crippen LogP contribution is -2.39. The minimum Gasteiger partial charge on any atom is -0.378 e. The van der Waals surface area contributed by atoms with Gasteiger partial charge in [0.1, 0.15) is 11.6 Å². The first kappa shape index (κ1) is 18.4. The van der Waals surface area contributed by atoms with E-state index in [1.54, 1.807) is 0 Å². The lowest BCUT2D eigenvalue weighted by molar-refractivity contribution is 0.122. The summed E-state index contributed by atoms with van der Waals surface area (Å²) in [6, 6.07) is 8.87. The first-order valence-corrected chi connectivity index (χ1v) is 10.1. The lowest BCUT2D eigenvalue weighted by Gasteiger charge is -2.34. The Morgan fingerprint density at radius 1 is 1.04 bits per heavy atom. The molecular weight excluding hydrogens is 336 g/mol. The quantitative estimate of drug-likeness (QED) is 0.830. The molecule has 0 radical (unpaired) electrons. The predicted molar refractivity (Wildman–Crippen MR) is 108 cm³/mol. The van der Waals surface area contributed by atoms with E-state index in [1.807, 2.05) is 0 Å². The number of rotatable bonds is 4. The van der Waals surface area contributed by atoms with Crippen LogP contribution in [-0.4, -0.2) is 47.7 Å². The fourth-order valence-electron chi connectivity index (χ4n) is 3.87. The molecule has 1 saturated heterocycles. The molecule has 5 nitrogen and oxygen atoms in total. The highest BCUT2D eigenvalue weighted by atomic mass is 16.5. The molecule has 0 aliphatic carbocycles. The molecule has 1 fully saturated rings. The Labute approximate surface area is 162 Å². The van der Waals surface area contributed by atoms with E-state index in [9.17, 15) is 0 Å². The summed E-state index contributed by atoms with van der Waals surface area (Å²) in [6.07, 6.45) is 1.02. The van der Waals surface area contributed by atoms with Gasteiger partial charge in [-0.15, -0.1) is 0 Å². The van der Waals surface area contributed by atoms with Gasteiger partial charge in [-0.1, -0.05) is 43.7 Å². The fraction of sp³-hybridized carbons (Fsp3) is 0.545. The zero-order chi connectivity index (χ0) is 18.8. The normalized spacial score (nSPS) is 18.0. The standard InChI is InChI=1S/C22H30N4O/c1-16(2)21-23-20-15-25(14-18-6-4-17(3)5-7-18)9-8-19(20)22(24-21)26-10-12-27-13-11-26/h4-7,16H,8-15H2,1-3H3. The third-order valence-electron chi connectivity index (χ3n) is 5.49. The van der Waals surface area contributed by atoms with Gasteiger partial charge < -0.3 is 9.64 Å². The maximum absolute atomic E-state index is 5.54. The number of ether oxygens (including phenoxy) is 1. The van der Waals surface area contributed by atoms with E-state index in [0.29, 0.717) is 5.92 Å². The lowest BCUT2D eigenvalue weighted by atomic mass is 10.0. The van der Waals surface area contributed by atoms with E-state index in [4.69, 9.17) is 14.7 Å². The Morgan fingerprint density at radius 3 is 2.48 bits per heavy atom. The number of aryl methyl sites for hydroxylation is 1. The highest BCUT2D eigenvalue weighted by molar-refractivity contribution is 5.51. The van der Waals surface area contributed by atoms with Gasteiger partial charge in [0.25, 0.3) is 0 Å². The summed E-state index contributed by atoms with van der Waals surface area (Å²) in [4.78, 5) is 14.8. The number of hydrogen-bond donors (Lipinski definition) is 0. The fourth-order valence-corrected chi connectivity index (χ4v) is 3.87. The second kappa shape index (κ2) is 7.95. The topological polar surface area (TPSA) is 41.5 Å². The van der Waals surface area contributed by atoms with Crippen LogP contribution in [0.3, 0.4) is 0 Å². The van der Waals surface area contributed by atoms with Crippen molar-refractivity contribution in [2.24, 2.45) is 0 Å². The van der Waals surface area contributed by atoms with Crippen molar-refractivity contribution in [2.75, 3.05) is 37.7 Å². The van der Waals surface area contributed by atoms with Crippen molar-refractivity contribution in [2.45, 2.75) is 46.2 Å². The van der Waals surface area contributed by atoms with Gasteiger partial charge in [-0.05, 0) is 18.9 Å². The van der Waals surface area contributed by atoms with Crippen LogP contribution in [0.1, 0.15) is 48.0 Å². The minimum atomic E-state index is 0.336. The van der Waals surface area contributed by atoms with Gasteiger partial charge in [0.15, 0.2) is 0 Å². The smallest absolute Gasteiger partial charge is 0.136 e. The average Bonchev–Trinajstić information content (AvgIpc) is 2.69. The van der Waals surface area contributed by atoms with Gasteiger partial charge >= 0.3 is 0 Å². The second-order valence-electron chi connectivity index (χ2n) is 8.03. The third-order valence-corrected chi connectivity index (χ3v) is 5.49. The van der Waals surface area contributed by atoms with E-state index in [2.05, 4.69) is 54.8 Å². The van der Waals surface area contributed by atoms with E-state index >= 15 is 0 Å². The van der Waals surface area contributed by atoms with Gasteiger partial charge in [-0.3, -0.25) is 4.90 Å². The van der Waals surface area contributed by atoms with E-state index in [1.165, 1.54) is 22.4 Å². The highest BCUT2D eigenvalue weighted by Gasteiger charge is 2.26. The third kappa shape index (κ3) is 4.14. The molecular formula is C22H30N4O. The van der Waals surface area contributed by atoms with Crippen molar-refractivity contribution in [3.05, 3.63) is 52.5 Å². The molecule has 2 aliphatic rings. The molecule has 0 bridgehead atoms. The predicted octanol–water partition coefficient (Wildman–Crippen LogP) is 3.30. The molecule has 0 unspecified atom stereocenters. The van der Waals surface area contributed by atoms with Crippen LogP contribution in [0.2, 0.25) is 0 Å². The van der Waals surface area contributed by atoms with Gasteiger partial charge in [0.05, 0.1) is 18.9 Å². The molecule has 144 valence electrons. The van der Waals surface area contributed by atoms with Crippen LogP contribution < -0.4 is 4.90 Å². The molecule has 0 atom stereocenters. The maximum atomic E-state index is 5.54. The second-order valence-corrected chi connectivity index (χ2v) is 8.03. The van der Waals surface area contributed by atoms with E-state index in [0.717, 1.165) is 64.0 Å². The molecule has 0 spiro atoms. The molecule has 3 heterocycles. The summed E-state index contributed by atoms with van der Waals surface area (Å²) < 4.78 is 5.54. The Kier molecular flexibility index (Phi) is 5.41. The van der Waals surface area contributed by atoms with Crippen molar-refractivity contribution in [3.63, 3.8) is 0 Å². The SMILES string of the molecule is Cc1ccc(CN2CCc3c(nc(C(C)C)nc3N3CCOCC3)C2)cc1. The maximum Gasteiger partial charge on any atom is 0.136 e. The Hall–Kier alpha value is -1.98. The van der Waals surface area contributed by atoms with Crippen molar-refractivity contribution < 1.29 is 4.74 Å². The van der Waals surface area contributed by atoms with Gasteiger partial charge in [0.2, 0.25) is 0 Å². The molecule has 1 aromatic heterocycles. The van der Waals surface area contributed by atoms with Gasteiger partial charge in [-0.2, -0.15) is 0 Å². The number of nitrogens with zero attached hydrogens (tertiary/aromatic N) is 4. The van der Waals surface area contributed by atoms with Crippen LogP contribution in [0.25, 0.3) is 0 Å². The molecule has 2 aliphatic heterocycles. The summed E-state index contributed by atoms with van der Waals surface area (Å²) in [5.74, 6) is 2.46. The van der Waals surface area contributed by atoms with E-state index < -0.39 is 0 Å². The zero-order valence-electron chi connectivity index (χ0n) is 16.7. The highest BCUT2D eigenvalue weighted by Crippen LogP contribution is 2.29. The van der Waals surface area contributed by atoms with Crippen LogP contribution in [0.5, 0.6) is 0 Å². The molecule has 5 heteroatoms. The summed E-state index contributed by atoms with van der Waals surface area (Å²) >= 11 is 0. The van der Waals surface area contributed by atoms with Crippen LogP contribution in [0.4, 0.5) is 5.82 Å². The molecule has 0 amide bonds. The van der Waals surface area contributed by atoms with E-state index in [-0.39, 0.29) is 0 Å². The van der Waals surface area contributed by atoms with Gasteiger partial charge in [0, 0.05) is 44.2 Å². The van der Waals surface area contributed by atoms with Crippen molar-refractivity contribution in [3.8, 4) is 0 Å². The minimum absolute atomic E-state index is 0.336. The summed E-state index contributed by atoms with van der Waals surface area (Å²) in [6.45, 7) is 12.9. The average molecular weight is 367 g/mol. The molecule has 0 N–H and O–H groups in total. The Morgan fingerprint density at radius 2 is 1.78 bits per heavy atom. The van der Waals surface area contributed by atoms with Crippen molar-refractivity contribution in [1.82, 2.24) is 14.9 Å². The number of benzene rings is 1. The molecule has 4 rings (SSSR count). The number of fused-ring (bicyclic) bond motifs is 1. The Balaban J connectivity index is 1.59.